The summed E-state index contributed by atoms with van der Waals surface area (Å²) in [6.45, 7) is 9.02. The average Bonchev–Trinajstić information content (AvgIpc) is 2.66. The molecule has 0 radical (unpaired) electrons. The molecule has 2 rings (SSSR count). The highest BCUT2D eigenvalue weighted by Gasteiger charge is 2.38. The number of pyridine rings is 1. The summed E-state index contributed by atoms with van der Waals surface area (Å²) in [5.74, 6) is -0.377. The van der Waals surface area contributed by atoms with E-state index in [1.54, 1.807) is 32.9 Å². The predicted octanol–water partition coefficient (Wildman–Crippen LogP) is 3.37. The second kappa shape index (κ2) is 9.31. The van der Waals surface area contributed by atoms with Crippen molar-refractivity contribution in [3.63, 3.8) is 0 Å². The van der Waals surface area contributed by atoms with Gasteiger partial charge in [-0.1, -0.05) is 13.8 Å². The Hall–Kier alpha value is -3.23. The largest absolute Gasteiger partial charge is 0.619 e. The number of nitrogens with one attached hydrogen (secondary N) is 1. The Morgan fingerprint density at radius 1 is 1.14 bits per heavy atom. The highest BCUT2D eigenvalue weighted by molar-refractivity contribution is 5.65. The van der Waals surface area contributed by atoms with Gasteiger partial charge in [0.15, 0.2) is 11.9 Å². The monoisotopic (exact) mass is 406 g/mol. The lowest BCUT2D eigenvalue weighted by atomic mass is 9.89. The predicted molar refractivity (Wildman–Crippen MR) is 102 cm³/mol. The van der Waals surface area contributed by atoms with Crippen LogP contribution in [0.15, 0.2) is 41.2 Å². The molecule has 0 saturated heterocycles. The molecule has 0 aliphatic carbocycles. The number of dihydropyridines is 1. The van der Waals surface area contributed by atoms with Crippen LogP contribution in [0.3, 0.4) is 0 Å². The fourth-order valence-corrected chi connectivity index (χ4v) is 2.88. The highest BCUT2D eigenvalue weighted by Crippen LogP contribution is 2.40. The molecular weight excluding hydrogens is 380 g/mol. The highest BCUT2D eigenvalue weighted by atomic mass is 16.7. The Morgan fingerprint density at radius 2 is 1.72 bits per heavy atom. The zero-order valence-corrected chi connectivity index (χ0v) is 17.4. The van der Waals surface area contributed by atoms with Crippen molar-refractivity contribution < 1.29 is 33.3 Å². The minimum Gasteiger partial charge on any atom is -0.619 e. The van der Waals surface area contributed by atoms with E-state index in [0.29, 0.717) is 27.4 Å². The number of rotatable bonds is 5. The summed E-state index contributed by atoms with van der Waals surface area (Å²) in [5, 5.41) is 15.2. The fourth-order valence-electron chi connectivity index (χ4n) is 2.88. The maximum Gasteiger partial charge on any atom is 0.513 e. The van der Waals surface area contributed by atoms with Crippen LogP contribution >= 0.6 is 0 Å². The molecule has 1 unspecified atom stereocenters. The van der Waals surface area contributed by atoms with Gasteiger partial charge in [-0.3, -0.25) is 0 Å². The van der Waals surface area contributed by atoms with Gasteiger partial charge in [-0.25, -0.2) is 9.59 Å². The third-order valence-corrected chi connectivity index (χ3v) is 4.28. The molecule has 29 heavy (non-hydrogen) atoms. The molecule has 1 N–H and O–H groups in total. The molecule has 2 heterocycles. The van der Waals surface area contributed by atoms with E-state index in [1.165, 1.54) is 13.3 Å². The Balaban J connectivity index is 2.51. The van der Waals surface area contributed by atoms with Gasteiger partial charge in [-0.15, -0.1) is 0 Å². The smallest absolute Gasteiger partial charge is 0.513 e. The van der Waals surface area contributed by atoms with Crippen molar-refractivity contribution in [3.8, 4) is 0 Å². The standard InChI is InChI=1S/C20H26N2O7/c1-11(2)10-27-20(24)29-18-13(4)21-12(3)17(28-19(23)26-6)16(18)15-8-7-9-22(25)14(15)5/h7-9,11,16,21H,10H2,1-6H3. The van der Waals surface area contributed by atoms with Gasteiger partial charge >= 0.3 is 12.3 Å². The third-order valence-electron chi connectivity index (χ3n) is 4.28. The van der Waals surface area contributed by atoms with Crippen molar-refractivity contribution >= 4 is 12.3 Å². The second-order valence-corrected chi connectivity index (χ2v) is 7.02. The van der Waals surface area contributed by atoms with Crippen molar-refractivity contribution in [2.45, 2.75) is 40.5 Å². The average molecular weight is 406 g/mol. The zero-order chi connectivity index (χ0) is 21.7. The summed E-state index contributed by atoms with van der Waals surface area (Å²) in [5.41, 5.74) is 1.91. The van der Waals surface area contributed by atoms with Crippen molar-refractivity contribution in [3.05, 3.63) is 57.7 Å². The molecule has 1 aliphatic rings. The number of carbonyl (C=O) groups is 2. The lowest BCUT2D eigenvalue weighted by Crippen LogP contribution is -2.34. The van der Waals surface area contributed by atoms with Gasteiger partial charge in [-0.2, -0.15) is 4.73 Å². The Labute approximate surface area is 169 Å². The van der Waals surface area contributed by atoms with Gasteiger partial charge in [0.05, 0.1) is 25.1 Å². The van der Waals surface area contributed by atoms with Crippen LogP contribution in [0.25, 0.3) is 0 Å². The van der Waals surface area contributed by atoms with E-state index in [2.05, 4.69) is 10.1 Å². The first kappa shape index (κ1) is 22.1. The van der Waals surface area contributed by atoms with Crippen LogP contribution in [0.5, 0.6) is 0 Å². The normalized spacial score (nSPS) is 16.4. The molecule has 1 aromatic rings. The third kappa shape index (κ3) is 5.18. The number of nitrogens with zero attached hydrogens (tertiary/aromatic N) is 1. The molecule has 0 saturated carbocycles. The van der Waals surface area contributed by atoms with E-state index in [0.717, 1.165) is 0 Å². The number of hydrogen-bond donors (Lipinski definition) is 1. The quantitative estimate of drug-likeness (QED) is 0.450. The number of hydrogen-bond acceptors (Lipinski definition) is 8. The minimum absolute atomic E-state index is 0.133. The van der Waals surface area contributed by atoms with Crippen LogP contribution in [-0.4, -0.2) is 26.0 Å². The first-order chi connectivity index (χ1) is 13.6. The van der Waals surface area contributed by atoms with E-state index >= 15 is 0 Å². The van der Waals surface area contributed by atoms with Gasteiger partial charge in [0.25, 0.3) is 0 Å². The maximum absolute atomic E-state index is 12.2. The molecule has 0 amide bonds. The van der Waals surface area contributed by atoms with Gasteiger partial charge < -0.3 is 29.5 Å². The molecule has 0 bridgehead atoms. The summed E-state index contributed by atoms with van der Waals surface area (Å²) < 4.78 is 21.3. The maximum atomic E-state index is 12.2. The second-order valence-electron chi connectivity index (χ2n) is 7.02. The summed E-state index contributed by atoms with van der Waals surface area (Å²) in [6.07, 6.45) is -0.470. The van der Waals surface area contributed by atoms with E-state index < -0.39 is 18.2 Å². The van der Waals surface area contributed by atoms with Crippen LogP contribution in [0.4, 0.5) is 9.59 Å². The van der Waals surface area contributed by atoms with Crippen LogP contribution in [0.2, 0.25) is 0 Å². The van der Waals surface area contributed by atoms with Crippen LogP contribution in [0.1, 0.15) is 44.9 Å². The van der Waals surface area contributed by atoms with Crippen LogP contribution in [-0.2, 0) is 18.9 Å². The van der Waals surface area contributed by atoms with Crippen molar-refractivity contribution in [1.82, 2.24) is 5.32 Å². The zero-order valence-electron chi connectivity index (χ0n) is 17.4. The molecule has 9 heteroatoms. The summed E-state index contributed by atoms with van der Waals surface area (Å²) >= 11 is 0. The number of aromatic nitrogens is 1. The number of carbonyl (C=O) groups excluding carboxylic acids is 2. The number of allylic oxidation sites excluding steroid dienone is 2. The molecule has 0 fully saturated rings. The molecule has 0 aromatic carbocycles. The summed E-state index contributed by atoms with van der Waals surface area (Å²) in [7, 11) is 1.19. The Morgan fingerprint density at radius 3 is 2.28 bits per heavy atom. The summed E-state index contributed by atoms with van der Waals surface area (Å²) in [6, 6.07) is 3.26. The number of ether oxygens (including phenoxy) is 4. The Bertz CT molecular complexity index is 858. The Kier molecular flexibility index (Phi) is 7.08. The molecule has 1 atom stereocenters. The van der Waals surface area contributed by atoms with Crippen LogP contribution < -0.4 is 10.0 Å². The van der Waals surface area contributed by atoms with E-state index in [-0.39, 0.29) is 24.0 Å². The first-order valence-corrected chi connectivity index (χ1v) is 9.13. The van der Waals surface area contributed by atoms with Crippen molar-refractivity contribution in [2.75, 3.05) is 13.7 Å². The van der Waals surface area contributed by atoms with Crippen LogP contribution in [0, 0.1) is 18.0 Å². The fraction of sp³-hybridized carbons (Fsp3) is 0.450. The van der Waals surface area contributed by atoms with Gasteiger partial charge in [0, 0.05) is 18.6 Å². The van der Waals surface area contributed by atoms with E-state index in [4.69, 9.17) is 14.2 Å². The van der Waals surface area contributed by atoms with Gasteiger partial charge in [0.1, 0.15) is 17.4 Å². The summed E-state index contributed by atoms with van der Waals surface area (Å²) in [4.78, 5) is 24.1. The molecule has 158 valence electrons. The molecule has 1 aliphatic heterocycles. The van der Waals surface area contributed by atoms with E-state index in [1.807, 2.05) is 13.8 Å². The number of methoxy groups -OCH3 is 1. The molecular formula is C20H26N2O7. The van der Waals surface area contributed by atoms with Gasteiger partial charge in [-0.05, 0) is 25.8 Å². The van der Waals surface area contributed by atoms with Crippen molar-refractivity contribution in [2.24, 2.45) is 5.92 Å². The van der Waals surface area contributed by atoms with Crippen molar-refractivity contribution in [1.29, 1.82) is 0 Å². The lowest BCUT2D eigenvalue weighted by molar-refractivity contribution is -0.612. The topological polar surface area (TPSA) is 110 Å². The van der Waals surface area contributed by atoms with E-state index in [9.17, 15) is 14.8 Å². The molecule has 1 aromatic heterocycles. The SMILES string of the molecule is COC(=O)OC1=C(C)NC(C)=C(OC(=O)OCC(C)C)C1c1ccc[n+]([O-])c1C. The minimum atomic E-state index is -0.934. The lowest BCUT2D eigenvalue weighted by Gasteiger charge is -2.30. The van der Waals surface area contributed by atoms with Gasteiger partial charge in [0.2, 0.25) is 0 Å². The first-order valence-electron chi connectivity index (χ1n) is 9.13. The molecule has 0 spiro atoms. The molecule has 9 nitrogen and oxygen atoms in total.